The quantitative estimate of drug-likeness (QED) is 0.263. The molecule has 0 radical (unpaired) electrons. The summed E-state index contributed by atoms with van der Waals surface area (Å²) < 4.78 is 10.2. The molecule has 0 aliphatic carbocycles. The third-order valence-corrected chi connectivity index (χ3v) is 6.32. The maximum absolute atomic E-state index is 11.4. The molecule has 0 amide bonds. The van der Waals surface area contributed by atoms with Gasteiger partial charge in [0.05, 0.1) is 20.6 Å². The summed E-state index contributed by atoms with van der Waals surface area (Å²) in [7, 11) is 5.00. The lowest BCUT2D eigenvalue weighted by Gasteiger charge is -2.14. The lowest BCUT2D eigenvalue weighted by molar-refractivity contribution is -0.136. The number of methoxy groups -OCH3 is 2. The molecule has 0 aliphatic heterocycles. The second-order valence-corrected chi connectivity index (χ2v) is 8.74. The number of hydrogen-bond acceptors (Lipinski definition) is 5. The van der Waals surface area contributed by atoms with E-state index in [2.05, 4.69) is 11.9 Å². The van der Waals surface area contributed by atoms with Gasteiger partial charge in [-0.15, -0.1) is 11.8 Å². The molecule has 3 rings (SSSR count). The fraction of sp³-hybridized carbons (Fsp3) is 0.241. The minimum atomic E-state index is -0.862. The molecule has 0 saturated carbocycles. The molecule has 184 valence electrons. The molecule has 3 aromatic carbocycles. The predicted molar refractivity (Wildman–Crippen MR) is 146 cm³/mol. The largest absolute Gasteiger partial charge is 0.497 e. The van der Waals surface area contributed by atoms with Gasteiger partial charge in [0.15, 0.2) is 0 Å². The van der Waals surface area contributed by atoms with Gasteiger partial charge in [0.1, 0.15) is 11.5 Å². The highest BCUT2D eigenvalue weighted by Crippen LogP contribution is 2.27. The van der Waals surface area contributed by atoms with Crippen molar-refractivity contribution in [2.75, 3.05) is 27.0 Å². The number of nitrogens with zero attached hydrogens (tertiary/aromatic N) is 1. The van der Waals surface area contributed by atoms with Crippen LogP contribution in [0.15, 0.2) is 94.3 Å². The number of ether oxygens (including phenoxy) is 2. The Morgan fingerprint density at radius 2 is 1.43 bits per heavy atom. The summed E-state index contributed by atoms with van der Waals surface area (Å²) in [5.74, 6) is 1.45. The number of thioether (sulfide) groups is 1. The van der Waals surface area contributed by atoms with Gasteiger partial charge in [-0.1, -0.05) is 48.0 Å². The molecule has 0 bridgehead atoms. The molecule has 0 spiro atoms. The fourth-order valence-corrected chi connectivity index (χ4v) is 4.20. The number of hydrogen-bond donors (Lipinski definition) is 1. The number of aryl methyl sites for hydroxylation is 1. The standard InChI is InChI=1S/C21H23NO3S.C8H10O/c1-15(16-9-11-17(25-3)12-10-16)19(13-21(23)24)20(22-2)14-26-18-7-5-4-6-8-18;1-7-3-5-8(9-2)6-4-7/h4-12H,13-14H2,1-3H3,(H,23,24);3-6H,1-2H3/b19-15+,22-20?;. The van der Waals surface area contributed by atoms with Gasteiger partial charge < -0.3 is 14.6 Å². The normalized spacial score (nSPS) is 11.6. The van der Waals surface area contributed by atoms with E-state index in [1.165, 1.54) is 5.56 Å². The first-order valence-corrected chi connectivity index (χ1v) is 12.2. The Labute approximate surface area is 212 Å². The Hall–Kier alpha value is -3.51. The first-order valence-electron chi connectivity index (χ1n) is 11.2. The Kier molecular flexibility index (Phi) is 11.6. The van der Waals surface area contributed by atoms with E-state index in [4.69, 9.17) is 9.47 Å². The summed E-state index contributed by atoms with van der Waals surface area (Å²) in [4.78, 5) is 16.9. The maximum atomic E-state index is 11.4. The van der Waals surface area contributed by atoms with E-state index in [1.54, 1.807) is 33.0 Å². The highest BCUT2D eigenvalue weighted by atomic mass is 32.2. The number of benzene rings is 3. The zero-order valence-corrected chi connectivity index (χ0v) is 21.8. The molecule has 0 unspecified atom stereocenters. The van der Waals surface area contributed by atoms with Gasteiger partial charge in [0.25, 0.3) is 0 Å². The van der Waals surface area contributed by atoms with Gasteiger partial charge in [0.2, 0.25) is 0 Å². The Morgan fingerprint density at radius 1 is 0.886 bits per heavy atom. The van der Waals surface area contributed by atoms with Crippen LogP contribution in [-0.2, 0) is 4.79 Å². The van der Waals surface area contributed by atoms with Crippen molar-refractivity contribution in [1.82, 2.24) is 0 Å². The van der Waals surface area contributed by atoms with Crippen molar-refractivity contribution >= 4 is 29.0 Å². The summed E-state index contributed by atoms with van der Waals surface area (Å²) in [6.07, 6.45) is -0.0557. The Balaban J connectivity index is 0.000000402. The SMILES string of the molecule is CN=C(CSc1ccccc1)/C(CC(=O)O)=C(\C)c1ccc(OC)cc1.COc1ccc(C)cc1. The Morgan fingerprint density at radius 3 is 1.91 bits per heavy atom. The second kappa shape index (κ2) is 14.7. The summed E-state index contributed by atoms with van der Waals surface area (Å²) in [5.41, 5.74) is 4.70. The van der Waals surface area contributed by atoms with Crippen molar-refractivity contribution in [3.8, 4) is 11.5 Å². The molecule has 35 heavy (non-hydrogen) atoms. The van der Waals surface area contributed by atoms with Gasteiger partial charge in [-0.3, -0.25) is 9.79 Å². The Bertz CT molecular complexity index is 1120. The fourth-order valence-electron chi connectivity index (χ4n) is 3.25. The number of carbonyl (C=O) groups is 1. The maximum Gasteiger partial charge on any atom is 0.307 e. The van der Waals surface area contributed by atoms with E-state index in [-0.39, 0.29) is 6.42 Å². The van der Waals surface area contributed by atoms with Gasteiger partial charge in [0, 0.05) is 23.4 Å². The first kappa shape index (κ1) is 27.7. The van der Waals surface area contributed by atoms with Gasteiger partial charge in [-0.25, -0.2) is 0 Å². The molecule has 0 heterocycles. The zero-order chi connectivity index (χ0) is 25.6. The van der Waals surface area contributed by atoms with E-state index in [0.717, 1.165) is 38.8 Å². The molecule has 0 aromatic heterocycles. The highest BCUT2D eigenvalue weighted by molar-refractivity contribution is 8.00. The molecule has 5 nitrogen and oxygen atoms in total. The van der Waals surface area contributed by atoms with Crippen LogP contribution in [0.5, 0.6) is 11.5 Å². The van der Waals surface area contributed by atoms with E-state index >= 15 is 0 Å². The number of aliphatic carboxylic acids is 1. The molecular weight excluding hydrogens is 458 g/mol. The van der Waals surface area contributed by atoms with Crippen LogP contribution in [-0.4, -0.2) is 43.8 Å². The lowest BCUT2D eigenvalue weighted by Crippen LogP contribution is -2.12. The third kappa shape index (κ3) is 9.33. The van der Waals surface area contributed by atoms with Crippen LogP contribution in [0, 0.1) is 6.92 Å². The molecule has 1 N–H and O–H groups in total. The zero-order valence-electron chi connectivity index (χ0n) is 20.9. The predicted octanol–water partition coefficient (Wildman–Crippen LogP) is 6.81. The average Bonchev–Trinajstić information content (AvgIpc) is 2.89. The summed E-state index contributed by atoms with van der Waals surface area (Å²) >= 11 is 1.65. The van der Waals surface area contributed by atoms with Gasteiger partial charge in [-0.2, -0.15) is 0 Å². The van der Waals surface area contributed by atoms with E-state index in [0.29, 0.717) is 5.75 Å². The van der Waals surface area contributed by atoms with Crippen LogP contribution in [0.1, 0.15) is 24.5 Å². The average molecular weight is 492 g/mol. The second-order valence-electron chi connectivity index (χ2n) is 7.69. The number of rotatable bonds is 9. The van der Waals surface area contributed by atoms with E-state index in [9.17, 15) is 9.90 Å². The first-order chi connectivity index (χ1) is 16.9. The van der Waals surface area contributed by atoms with Gasteiger partial charge >= 0.3 is 5.97 Å². The molecule has 0 saturated heterocycles. The molecule has 0 fully saturated rings. The van der Waals surface area contributed by atoms with Crippen molar-refractivity contribution in [3.63, 3.8) is 0 Å². The molecule has 0 aliphatic rings. The number of carboxylic acid groups (broad SMARTS) is 1. The van der Waals surface area contributed by atoms with Crippen molar-refractivity contribution < 1.29 is 19.4 Å². The monoisotopic (exact) mass is 491 g/mol. The van der Waals surface area contributed by atoms with Crippen molar-refractivity contribution in [2.45, 2.75) is 25.2 Å². The van der Waals surface area contributed by atoms with Gasteiger partial charge in [-0.05, 0) is 67.0 Å². The van der Waals surface area contributed by atoms with Crippen molar-refractivity contribution in [1.29, 1.82) is 0 Å². The summed E-state index contributed by atoms with van der Waals surface area (Å²) in [6.45, 7) is 4.00. The van der Waals surface area contributed by atoms with Crippen LogP contribution < -0.4 is 9.47 Å². The van der Waals surface area contributed by atoms with Crippen LogP contribution in [0.4, 0.5) is 0 Å². The highest BCUT2D eigenvalue weighted by Gasteiger charge is 2.16. The van der Waals surface area contributed by atoms with E-state index in [1.807, 2.05) is 85.8 Å². The number of carboxylic acids is 1. The molecule has 6 heteroatoms. The van der Waals surface area contributed by atoms with Crippen molar-refractivity contribution in [2.24, 2.45) is 4.99 Å². The lowest BCUT2D eigenvalue weighted by atomic mass is 9.96. The molecule has 3 aromatic rings. The smallest absolute Gasteiger partial charge is 0.307 e. The minimum absolute atomic E-state index is 0.0557. The topological polar surface area (TPSA) is 68.1 Å². The number of aliphatic imine (C=N–C) groups is 1. The van der Waals surface area contributed by atoms with Crippen molar-refractivity contribution in [3.05, 3.63) is 95.6 Å². The summed E-state index contributed by atoms with van der Waals surface area (Å²) in [6, 6.07) is 25.6. The van der Waals surface area contributed by atoms with E-state index < -0.39 is 5.97 Å². The van der Waals surface area contributed by atoms with Crippen LogP contribution in [0.25, 0.3) is 5.57 Å². The third-order valence-electron chi connectivity index (χ3n) is 5.30. The summed E-state index contributed by atoms with van der Waals surface area (Å²) in [5, 5.41) is 9.38. The van der Waals surface area contributed by atoms with Crippen LogP contribution in [0.2, 0.25) is 0 Å². The molecule has 0 atom stereocenters. The molecular formula is C29H33NO4S. The van der Waals surface area contributed by atoms with Crippen LogP contribution in [0.3, 0.4) is 0 Å². The number of allylic oxidation sites excluding steroid dienone is 1. The van der Waals surface area contributed by atoms with Crippen LogP contribution >= 0.6 is 11.8 Å². The minimum Gasteiger partial charge on any atom is -0.497 e.